The maximum atomic E-state index is 11.8. The van der Waals surface area contributed by atoms with E-state index in [1.807, 2.05) is 30.3 Å². The van der Waals surface area contributed by atoms with Gasteiger partial charge in [-0.25, -0.2) is 9.31 Å². The first kappa shape index (κ1) is 14.0. The molecule has 0 aliphatic rings. The zero-order valence-electron chi connectivity index (χ0n) is 11.7. The average Bonchev–Trinajstić information content (AvgIpc) is 2.95. The number of urea groups is 1. The summed E-state index contributed by atoms with van der Waals surface area (Å²) in [6.45, 7) is 0.100. The number of anilines is 1. The number of nitrogens with one attached hydrogen (secondary N) is 2. The molecule has 1 atom stereocenters. The van der Waals surface area contributed by atoms with E-state index in [1.54, 1.807) is 28.9 Å². The van der Waals surface area contributed by atoms with Crippen LogP contribution < -0.4 is 10.6 Å². The largest absolute Gasteiger partial charge is 0.387 e. The molecule has 2 aromatic heterocycles. The molecule has 2 heterocycles. The van der Waals surface area contributed by atoms with Crippen LogP contribution in [0.3, 0.4) is 0 Å². The van der Waals surface area contributed by atoms with Crippen LogP contribution in [0.1, 0.15) is 11.7 Å². The summed E-state index contributed by atoms with van der Waals surface area (Å²) < 4.78 is 1.56. The van der Waals surface area contributed by atoms with Crippen molar-refractivity contribution >= 4 is 17.6 Å². The number of hydrogen-bond donors (Lipinski definition) is 3. The number of amides is 2. The van der Waals surface area contributed by atoms with Crippen LogP contribution in [0.5, 0.6) is 0 Å². The number of nitrogens with zero attached hydrogens (tertiary/aromatic N) is 3. The molecule has 0 fully saturated rings. The number of aliphatic hydroxyl groups excluding tert-OH is 1. The van der Waals surface area contributed by atoms with Crippen LogP contribution >= 0.6 is 0 Å². The minimum Gasteiger partial charge on any atom is -0.387 e. The molecule has 0 saturated heterocycles. The van der Waals surface area contributed by atoms with Gasteiger partial charge < -0.3 is 10.4 Å². The van der Waals surface area contributed by atoms with E-state index in [2.05, 4.69) is 20.7 Å². The van der Waals surface area contributed by atoms with E-state index in [0.717, 1.165) is 5.56 Å². The average molecular weight is 297 g/mol. The summed E-state index contributed by atoms with van der Waals surface area (Å²) in [6.07, 6.45) is 0.978. The van der Waals surface area contributed by atoms with Crippen LogP contribution in [-0.2, 0) is 0 Å². The molecule has 0 unspecified atom stereocenters. The number of carbonyl (C=O) groups excluding carboxylic acids is 1. The van der Waals surface area contributed by atoms with Gasteiger partial charge in [0.1, 0.15) is 0 Å². The van der Waals surface area contributed by atoms with Gasteiger partial charge in [-0.3, -0.25) is 5.32 Å². The summed E-state index contributed by atoms with van der Waals surface area (Å²) in [5, 5.41) is 19.2. The van der Waals surface area contributed by atoms with Crippen molar-refractivity contribution in [2.45, 2.75) is 6.10 Å². The van der Waals surface area contributed by atoms with Gasteiger partial charge in [0.05, 0.1) is 6.10 Å². The maximum absolute atomic E-state index is 11.8. The second kappa shape index (κ2) is 6.23. The van der Waals surface area contributed by atoms with Crippen LogP contribution in [0.15, 0.2) is 54.7 Å². The zero-order chi connectivity index (χ0) is 15.4. The second-order valence-electron chi connectivity index (χ2n) is 4.70. The number of pyridine rings is 1. The molecule has 0 saturated carbocycles. The fourth-order valence-electron chi connectivity index (χ4n) is 2.01. The lowest BCUT2D eigenvalue weighted by atomic mass is 10.1. The van der Waals surface area contributed by atoms with E-state index in [4.69, 9.17) is 0 Å². The smallest absolute Gasteiger partial charge is 0.321 e. The molecule has 3 rings (SSSR count). The van der Waals surface area contributed by atoms with Crippen LogP contribution in [0.25, 0.3) is 5.65 Å². The van der Waals surface area contributed by atoms with E-state index in [-0.39, 0.29) is 12.5 Å². The van der Waals surface area contributed by atoms with E-state index >= 15 is 0 Å². The third kappa shape index (κ3) is 3.21. The van der Waals surface area contributed by atoms with Crippen molar-refractivity contribution in [1.82, 2.24) is 19.9 Å². The summed E-state index contributed by atoms with van der Waals surface area (Å²) in [5.41, 5.74) is 1.38. The first-order chi connectivity index (χ1) is 10.7. The molecule has 0 aliphatic heterocycles. The Balaban J connectivity index is 1.56. The van der Waals surface area contributed by atoms with Crippen molar-refractivity contribution in [3.63, 3.8) is 0 Å². The fraction of sp³-hybridized carbons (Fsp3) is 0.133. The number of carbonyl (C=O) groups is 1. The molecule has 2 amide bonds. The van der Waals surface area contributed by atoms with Crippen molar-refractivity contribution in [1.29, 1.82) is 0 Å². The minimum atomic E-state index is -0.763. The Bertz CT molecular complexity index is 739. The van der Waals surface area contributed by atoms with Crippen molar-refractivity contribution in [2.75, 3.05) is 11.9 Å². The lowest BCUT2D eigenvalue weighted by molar-refractivity contribution is 0.175. The summed E-state index contributed by atoms with van der Waals surface area (Å²) >= 11 is 0. The number of benzene rings is 1. The predicted octanol–water partition coefficient (Wildman–Crippen LogP) is 1.58. The molecule has 1 aromatic carbocycles. The highest BCUT2D eigenvalue weighted by molar-refractivity contribution is 5.87. The molecule has 3 aromatic rings. The molecule has 0 spiro atoms. The molecular formula is C15H15N5O2. The third-order valence-electron chi connectivity index (χ3n) is 3.11. The van der Waals surface area contributed by atoms with Gasteiger partial charge >= 0.3 is 6.03 Å². The topological polar surface area (TPSA) is 91.5 Å². The Morgan fingerprint density at radius 1 is 1.18 bits per heavy atom. The van der Waals surface area contributed by atoms with Crippen molar-refractivity contribution in [2.24, 2.45) is 0 Å². The predicted molar refractivity (Wildman–Crippen MR) is 81.4 cm³/mol. The molecule has 0 aliphatic carbocycles. The van der Waals surface area contributed by atoms with E-state index in [0.29, 0.717) is 5.65 Å². The first-order valence-electron chi connectivity index (χ1n) is 6.81. The van der Waals surface area contributed by atoms with Gasteiger partial charge in [-0.05, 0) is 17.7 Å². The number of rotatable bonds is 4. The Kier molecular flexibility index (Phi) is 3.97. The molecular weight excluding hydrogens is 282 g/mol. The van der Waals surface area contributed by atoms with Gasteiger partial charge in [0, 0.05) is 12.7 Å². The second-order valence-corrected chi connectivity index (χ2v) is 4.70. The number of aromatic nitrogens is 3. The van der Waals surface area contributed by atoms with Crippen LogP contribution in [0.2, 0.25) is 0 Å². The van der Waals surface area contributed by atoms with Crippen molar-refractivity contribution in [3.8, 4) is 0 Å². The van der Waals surface area contributed by atoms with Crippen molar-refractivity contribution in [3.05, 3.63) is 60.3 Å². The van der Waals surface area contributed by atoms with Gasteiger partial charge in [0.2, 0.25) is 0 Å². The monoisotopic (exact) mass is 297 g/mol. The Morgan fingerprint density at radius 3 is 2.73 bits per heavy atom. The quantitative estimate of drug-likeness (QED) is 0.682. The van der Waals surface area contributed by atoms with Crippen LogP contribution in [-0.4, -0.2) is 32.3 Å². The third-order valence-corrected chi connectivity index (χ3v) is 3.11. The number of aliphatic hydroxyl groups is 1. The standard InChI is InChI=1S/C15H15N5O2/c21-12(11-6-2-1-3-7-11)10-16-15(22)18-14-17-13-8-4-5-9-20(13)19-14/h1-9,12,21H,10H2,(H2,16,18,19,22)/t12-/m1/s1. The van der Waals surface area contributed by atoms with E-state index < -0.39 is 12.1 Å². The van der Waals surface area contributed by atoms with Gasteiger partial charge in [-0.1, -0.05) is 36.4 Å². The highest BCUT2D eigenvalue weighted by Gasteiger charge is 2.11. The van der Waals surface area contributed by atoms with Gasteiger partial charge in [0.25, 0.3) is 5.95 Å². The molecule has 0 bridgehead atoms. The molecule has 0 radical (unpaired) electrons. The fourth-order valence-corrected chi connectivity index (χ4v) is 2.01. The highest BCUT2D eigenvalue weighted by Crippen LogP contribution is 2.10. The molecule has 112 valence electrons. The summed E-state index contributed by atoms with van der Waals surface area (Å²) in [7, 11) is 0. The molecule has 3 N–H and O–H groups in total. The van der Waals surface area contributed by atoms with Gasteiger partial charge in [0.15, 0.2) is 5.65 Å². The first-order valence-corrected chi connectivity index (χ1v) is 6.81. The van der Waals surface area contributed by atoms with E-state index in [1.165, 1.54) is 0 Å². The Labute approximate surface area is 126 Å². The lowest BCUT2D eigenvalue weighted by Gasteiger charge is -2.11. The lowest BCUT2D eigenvalue weighted by Crippen LogP contribution is -2.32. The molecule has 7 heteroatoms. The Morgan fingerprint density at radius 2 is 1.95 bits per heavy atom. The number of hydrogen-bond acceptors (Lipinski definition) is 4. The minimum absolute atomic E-state index is 0.100. The zero-order valence-corrected chi connectivity index (χ0v) is 11.7. The molecule has 22 heavy (non-hydrogen) atoms. The van der Waals surface area contributed by atoms with Crippen LogP contribution in [0, 0.1) is 0 Å². The normalized spacial score (nSPS) is 12.0. The van der Waals surface area contributed by atoms with Crippen molar-refractivity contribution < 1.29 is 9.90 Å². The van der Waals surface area contributed by atoms with Crippen LogP contribution in [0.4, 0.5) is 10.7 Å². The summed E-state index contributed by atoms with van der Waals surface area (Å²) in [5.74, 6) is 0.206. The van der Waals surface area contributed by atoms with Gasteiger partial charge in [-0.15, -0.1) is 5.10 Å². The van der Waals surface area contributed by atoms with E-state index in [9.17, 15) is 9.90 Å². The molecule has 7 nitrogen and oxygen atoms in total. The highest BCUT2D eigenvalue weighted by atomic mass is 16.3. The SMILES string of the molecule is O=C(NC[C@@H](O)c1ccccc1)Nc1nc2ccccn2n1. The number of fused-ring (bicyclic) bond motifs is 1. The summed E-state index contributed by atoms with van der Waals surface area (Å²) in [4.78, 5) is 16.0. The maximum Gasteiger partial charge on any atom is 0.321 e. The summed E-state index contributed by atoms with van der Waals surface area (Å²) in [6, 6.07) is 14.1. The van der Waals surface area contributed by atoms with Gasteiger partial charge in [-0.2, -0.15) is 4.98 Å². The Hall–Kier alpha value is -2.93.